The van der Waals surface area contributed by atoms with E-state index in [0.717, 1.165) is 22.9 Å². The molecule has 0 bridgehead atoms. The van der Waals surface area contributed by atoms with Crippen molar-refractivity contribution >= 4 is 22.5 Å². The van der Waals surface area contributed by atoms with E-state index in [1.54, 1.807) is 25.3 Å². The van der Waals surface area contributed by atoms with Gasteiger partial charge >= 0.3 is 5.97 Å². The van der Waals surface area contributed by atoms with Crippen molar-refractivity contribution in [3.8, 4) is 5.75 Å². The minimum Gasteiger partial charge on any atom is -0.496 e. The second-order valence-electron chi connectivity index (χ2n) is 3.90. The first-order chi connectivity index (χ1) is 9.13. The van der Waals surface area contributed by atoms with Crippen molar-refractivity contribution in [2.45, 2.75) is 0 Å². The van der Waals surface area contributed by atoms with Crippen molar-refractivity contribution in [3.05, 3.63) is 54.1 Å². The fourth-order valence-corrected chi connectivity index (χ4v) is 1.90. The van der Waals surface area contributed by atoms with E-state index in [2.05, 4.69) is 0 Å². The molecular formula is C15H12O4. The quantitative estimate of drug-likeness (QED) is 0.674. The fourth-order valence-electron chi connectivity index (χ4n) is 1.90. The summed E-state index contributed by atoms with van der Waals surface area (Å²) in [6, 6.07) is 10.7. The van der Waals surface area contributed by atoms with Gasteiger partial charge in [0, 0.05) is 17.0 Å². The van der Waals surface area contributed by atoms with Crippen molar-refractivity contribution in [1.29, 1.82) is 0 Å². The molecule has 0 atom stereocenters. The van der Waals surface area contributed by atoms with Crippen molar-refractivity contribution in [2.24, 2.45) is 0 Å². The van der Waals surface area contributed by atoms with Crippen LogP contribution in [0, 0.1) is 0 Å². The highest BCUT2D eigenvalue weighted by Crippen LogP contribution is 2.28. The molecule has 0 saturated heterocycles. The summed E-state index contributed by atoms with van der Waals surface area (Å²) in [6.45, 7) is 0. The summed E-state index contributed by atoms with van der Waals surface area (Å²) in [6.07, 6.45) is 1.89. The molecule has 0 unspecified atom stereocenters. The molecule has 4 nitrogen and oxygen atoms in total. The summed E-state index contributed by atoms with van der Waals surface area (Å²) in [5.41, 5.74) is 0.453. The van der Waals surface area contributed by atoms with E-state index in [-0.39, 0.29) is 5.78 Å². The van der Waals surface area contributed by atoms with Crippen molar-refractivity contribution < 1.29 is 19.4 Å². The maximum Gasteiger partial charge on any atom is 0.328 e. The van der Waals surface area contributed by atoms with Gasteiger partial charge in [-0.25, -0.2) is 4.79 Å². The lowest BCUT2D eigenvalue weighted by molar-refractivity contribution is -0.131. The highest BCUT2D eigenvalue weighted by molar-refractivity contribution is 6.15. The number of rotatable bonds is 4. The normalized spacial score (nSPS) is 10.8. The summed E-state index contributed by atoms with van der Waals surface area (Å²) in [5.74, 6) is -0.818. The topological polar surface area (TPSA) is 63.6 Å². The minimum absolute atomic E-state index is 0.346. The van der Waals surface area contributed by atoms with Crippen molar-refractivity contribution in [3.63, 3.8) is 0 Å². The van der Waals surface area contributed by atoms with Crippen LogP contribution in [0.1, 0.15) is 10.4 Å². The molecule has 0 aliphatic carbocycles. The molecular weight excluding hydrogens is 244 g/mol. The molecule has 19 heavy (non-hydrogen) atoms. The Labute approximate surface area is 109 Å². The van der Waals surface area contributed by atoms with Gasteiger partial charge in [0.05, 0.1) is 7.11 Å². The first-order valence-electron chi connectivity index (χ1n) is 5.64. The number of carbonyl (C=O) groups excluding carboxylic acids is 1. The number of ether oxygens (including phenoxy) is 1. The third kappa shape index (κ3) is 2.63. The Bertz CT molecular complexity index is 671. The number of ketones is 1. The van der Waals surface area contributed by atoms with Gasteiger partial charge in [-0.2, -0.15) is 0 Å². The van der Waals surface area contributed by atoms with Gasteiger partial charge < -0.3 is 9.84 Å². The van der Waals surface area contributed by atoms with Crippen molar-refractivity contribution in [1.82, 2.24) is 0 Å². The average Bonchev–Trinajstić information content (AvgIpc) is 2.43. The minimum atomic E-state index is -1.15. The number of fused-ring (bicyclic) bond motifs is 1. The molecule has 0 fully saturated rings. The van der Waals surface area contributed by atoms with Crippen LogP contribution in [0.5, 0.6) is 5.75 Å². The number of carboxylic acid groups (broad SMARTS) is 1. The molecule has 0 heterocycles. The zero-order valence-corrected chi connectivity index (χ0v) is 10.3. The number of allylic oxidation sites excluding steroid dienone is 1. The maximum atomic E-state index is 12.0. The molecule has 2 rings (SSSR count). The molecule has 4 heteroatoms. The monoisotopic (exact) mass is 256 g/mol. The Hall–Kier alpha value is -2.62. The Balaban J connectivity index is 2.56. The number of carboxylic acids is 1. The molecule has 0 radical (unpaired) electrons. The number of aliphatic carboxylic acids is 1. The third-order valence-electron chi connectivity index (χ3n) is 2.75. The number of hydrogen-bond donors (Lipinski definition) is 1. The molecule has 0 aliphatic heterocycles. The second kappa shape index (κ2) is 5.35. The summed E-state index contributed by atoms with van der Waals surface area (Å²) in [5, 5.41) is 10.1. The Morgan fingerprint density at radius 1 is 1.05 bits per heavy atom. The van der Waals surface area contributed by atoms with E-state index >= 15 is 0 Å². The molecule has 2 aromatic carbocycles. The smallest absolute Gasteiger partial charge is 0.328 e. The van der Waals surface area contributed by atoms with Crippen LogP contribution < -0.4 is 4.74 Å². The maximum absolute atomic E-state index is 12.0. The van der Waals surface area contributed by atoms with Crippen LogP contribution >= 0.6 is 0 Å². The summed E-state index contributed by atoms with van der Waals surface area (Å²) >= 11 is 0. The van der Waals surface area contributed by atoms with Crippen LogP contribution in [0.2, 0.25) is 0 Å². The molecule has 0 aromatic heterocycles. The van der Waals surface area contributed by atoms with Crippen LogP contribution in [-0.2, 0) is 4.79 Å². The second-order valence-corrected chi connectivity index (χ2v) is 3.90. The lowest BCUT2D eigenvalue weighted by Crippen LogP contribution is -1.98. The van der Waals surface area contributed by atoms with E-state index in [1.165, 1.54) is 0 Å². The van der Waals surface area contributed by atoms with Crippen LogP contribution in [0.3, 0.4) is 0 Å². The van der Waals surface area contributed by atoms with E-state index < -0.39 is 5.97 Å². The highest BCUT2D eigenvalue weighted by atomic mass is 16.5. The van der Waals surface area contributed by atoms with E-state index in [0.29, 0.717) is 11.3 Å². The van der Waals surface area contributed by atoms with Gasteiger partial charge in [-0.1, -0.05) is 24.3 Å². The molecule has 96 valence electrons. The Kier molecular flexibility index (Phi) is 3.61. The molecule has 2 aromatic rings. The number of methoxy groups -OCH3 is 1. The predicted molar refractivity (Wildman–Crippen MR) is 71.6 cm³/mol. The van der Waals surface area contributed by atoms with Gasteiger partial charge in [0.2, 0.25) is 0 Å². The summed E-state index contributed by atoms with van der Waals surface area (Å²) in [7, 11) is 1.56. The lowest BCUT2D eigenvalue weighted by Gasteiger charge is -2.08. The first-order valence-corrected chi connectivity index (χ1v) is 5.64. The van der Waals surface area contributed by atoms with Crippen molar-refractivity contribution in [2.75, 3.05) is 7.11 Å². The molecule has 1 N–H and O–H groups in total. The van der Waals surface area contributed by atoms with Gasteiger partial charge in [-0.05, 0) is 23.6 Å². The molecule has 0 spiro atoms. The molecule has 0 aliphatic rings. The zero-order valence-electron chi connectivity index (χ0n) is 10.3. The largest absolute Gasteiger partial charge is 0.496 e. The molecule has 0 amide bonds. The fraction of sp³-hybridized carbons (Fsp3) is 0.0667. The van der Waals surface area contributed by atoms with Gasteiger partial charge in [0.15, 0.2) is 5.78 Å². The van der Waals surface area contributed by atoms with E-state index in [1.807, 2.05) is 18.2 Å². The average molecular weight is 256 g/mol. The van der Waals surface area contributed by atoms with Gasteiger partial charge in [0.1, 0.15) is 5.75 Å². The Morgan fingerprint density at radius 2 is 1.74 bits per heavy atom. The van der Waals surface area contributed by atoms with E-state index in [4.69, 9.17) is 9.84 Å². The molecule has 0 saturated carbocycles. The summed E-state index contributed by atoms with van der Waals surface area (Å²) < 4.78 is 5.24. The van der Waals surface area contributed by atoms with Crippen LogP contribution in [0.25, 0.3) is 10.8 Å². The zero-order chi connectivity index (χ0) is 13.8. The predicted octanol–water partition coefficient (Wildman–Crippen LogP) is 2.67. The van der Waals surface area contributed by atoms with Crippen LogP contribution in [0.15, 0.2) is 48.6 Å². The van der Waals surface area contributed by atoms with Crippen LogP contribution in [-0.4, -0.2) is 24.0 Å². The lowest BCUT2D eigenvalue weighted by atomic mass is 10.0. The van der Waals surface area contributed by atoms with Gasteiger partial charge in [-0.15, -0.1) is 0 Å². The number of carbonyl (C=O) groups is 2. The first kappa shape index (κ1) is 12.8. The SMILES string of the molecule is COc1ccc(C(=O)/C=C/C(=O)O)c2ccccc12. The Morgan fingerprint density at radius 3 is 2.37 bits per heavy atom. The third-order valence-corrected chi connectivity index (χ3v) is 2.75. The van der Waals surface area contributed by atoms with Gasteiger partial charge in [0.25, 0.3) is 0 Å². The van der Waals surface area contributed by atoms with Gasteiger partial charge in [-0.3, -0.25) is 4.79 Å². The number of hydrogen-bond acceptors (Lipinski definition) is 3. The summed E-state index contributed by atoms with van der Waals surface area (Å²) in [4.78, 5) is 22.4. The van der Waals surface area contributed by atoms with E-state index in [9.17, 15) is 9.59 Å². The van der Waals surface area contributed by atoms with Crippen LogP contribution in [0.4, 0.5) is 0 Å². The standard InChI is InChI=1S/C15H12O4/c1-19-14-8-6-11(13(16)7-9-15(17)18)10-4-2-3-5-12(10)14/h2-9H,1H3,(H,17,18)/b9-7+. The number of benzene rings is 2. The highest BCUT2D eigenvalue weighted by Gasteiger charge is 2.10.